The molecule has 144 valence electrons. The number of hydrogen-bond acceptors (Lipinski definition) is 3. The number of fused-ring (bicyclic) bond motifs is 1. The van der Waals surface area contributed by atoms with Gasteiger partial charge in [0.25, 0.3) is 0 Å². The molecule has 1 aromatic heterocycles. The van der Waals surface area contributed by atoms with Crippen molar-refractivity contribution in [2.45, 2.75) is 33.9 Å². The number of aromatic nitrogens is 2. The van der Waals surface area contributed by atoms with Crippen LogP contribution in [0.2, 0.25) is 0 Å². The number of aryl methyl sites for hydroxylation is 1. The van der Waals surface area contributed by atoms with Crippen molar-refractivity contribution in [3.8, 4) is 0 Å². The Labute approximate surface area is 161 Å². The Kier molecular flexibility index (Phi) is 10.2. The predicted octanol–water partition coefficient (Wildman–Crippen LogP) is 4.39. The molecule has 0 amide bonds. The summed E-state index contributed by atoms with van der Waals surface area (Å²) in [5.74, 6) is 0. The molecule has 0 atom stereocenters. The highest BCUT2D eigenvalue weighted by atomic mass is 17.2. The third kappa shape index (κ3) is 6.38. The molecule has 0 aliphatic carbocycles. The number of para-hydroxylation sites is 2. The van der Waals surface area contributed by atoms with E-state index >= 15 is 0 Å². The summed E-state index contributed by atoms with van der Waals surface area (Å²) in [5.41, 5.74) is 5.04. The van der Waals surface area contributed by atoms with E-state index in [0.29, 0.717) is 0 Å². The molecule has 0 aliphatic rings. The van der Waals surface area contributed by atoms with Gasteiger partial charge >= 0.3 is 6.47 Å². The lowest BCUT2D eigenvalue weighted by Crippen LogP contribution is -2.32. The highest BCUT2D eigenvalue weighted by Gasteiger charge is 2.13. The third-order valence-corrected chi connectivity index (χ3v) is 3.82. The Balaban J connectivity index is 0.000000454. The van der Waals surface area contributed by atoms with Crippen LogP contribution in [0.3, 0.4) is 0 Å². The molecular formula is C22H29N2O3+. The van der Waals surface area contributed by atoms with E-state index in [0.717, 1.165) is 18.7 Å². The maximum absolute atomic E-state index is 9.06. The Bertz CT molecular complexity index is 823. The van der Waals surface area contributed by atoms with E-state index in [1.807, 2.05) is 19.9 Å². The van der Waals surface area contributed by atoms with Crippen molar-refractivity contribution in [2.24, 2.45) is 0 Å². The molecule has 3 aromatic rings. The minimum absolute atomic E-state index is 0.208. The number of imidazole rings is 1. The zero-order valence-electron chi connectivity index (χ0n) is 16.6. The summed E-state index contributed by atoms with van der Waals surface area (Å²) in [4.78, 5) is 16.5. The molecule has 3 rings (SSSR count). The van der Waals surface area contributed by atoms with Crippen LogP contribution in [0.1, 0.15) is 31.9 Å². The molecule has 5 heteroatoms. The molecule has 0 saturated carbocycles. The molecule has 1 heterocycles. The first-order valence-electron chi connectivity index (χ1n) is 9.05. The molecule has 27 heavy (non-hydrogen) atoms. The second kappa shape index (κ2) is 12.4. The van der Waals surface area contributed by atoms with Gasteiger partial charge in [0.15, 0.2) is 11.0 Å². The monoisotopic (exact) mass is 369 g/mol. The quantitative estimate of drug-likeness (QED) is 0.280. The van der Waals surface area contributed by atoms with E-state index in [1.54, 1.807) is 0 Å². The van der Waals surface area contributed by atoms with Gasteiger partial charge in [-0.1, -0.05) is 62.9 Å². The van der Waals surface area contributed by atoms with Crippen LogP contribution in [0.15, 0.2) is 61.4 Å². The molecule has 0 N–H and O–H groups in total. The van der Waals surface area contributed by atoms with E-state index in [1.165, 1.54) is 23.7 Å². The van der Waals surface area contributed by atoms with Gasteiger partial charge < -0.3 is 4.89 Å². The van der Waals surface area contributed by atoms with E-state index in [9.17, 15) is 0 Å². The average Bonchev–Trinajstić information content (AvgIpc) is 3.09. The summed E-state index contributed by atoms with van der Waals surface area (Å²) < 4.78 is 4.59. The summed E-state index contributed by atoms with van der Waals surface area (Å²) >= 11 is 0. The third-order valence-electron chi connectivity index (χ3n) is 3.82. The van der Waals surface area contributed by atoms with Crippen LogP contribution < -0.4 is 4.57 Å². The number of carbonyl (C=O) groups excluding carboxylic acids is 1. The maximum Gasteiger partial charge on any atom is 0.330 e. The first-order chi connectivity index (χ1) is 13.2. The van der Waals surface area contributed by atoms with Crippen LogP contribution in [0.25, 0.3) is 17.1 Å². The topological polar surface area (TPSA) is 44.3 Å². The molecule has 0 spiro atoms. The van der Waals surface area contributed by atoms with Crippen LogP contribution in [0, 0.1) is 0 Å². The standard InChI is InChI=1S/C18H19N2.C2H4O3.C2H6/c1-3-15-9-11-16(12-10-15)13-20-14-19(4-2)17-7-5-6-8-18(17)20;1-4-5-2-3;1-2/h3,5-12,14H,1,4,13H2,2H3;2H,1H3;1-2H3/q+1;;. The number of benzene rings is 2. The average molecular weight is 369 g/mol. The van der Waals surface area contributed by atoms with Crippen LogP contribution in [0.5, 0.6) is 0 Å². The van der Waals surface area contributed by atoms with Crippen molar-refractivity contribution in [3.05, 3.63) is 72.6 Å². The van der Waals surface area contributed by atoms with Crippen molar-refractivity contribution < 1.29 is 19.1 Å². The highest BCUT2D eigenvalue weighted by molar-refractivity contribution is 5.71. The van der Waals surface area contributed by atoms with E-state index < -0.39 is 0 Å². The molecule has 0 bridgehead atoms. The van der Waals surface area contributed by atoms with Crippen molar-refractivity contribution >= 4 is 23.6 Å². The highest BCUT2D eigenvalue weighted by Crippen LogP contribution is 2.12. The fraction of sp³-hybridized carbons (Fsp3) is 0.273. The smallest absolute Gasteiger partial charge is 0.302 e. The summed E-state index contributed by atoms with van der Waals surface area (Å²) in [5, 5.41) is 0. The molecular weight excluding hydrogens is 340 g/mol. The van der Waals surface area contributed by atoms with Gasteiger partial charge in [0.1, 0.15) is 6.54 Å². The van der Waals surface area contributed by atoms with Crippen molar-refractivity contribution in [2.75, 3.05) is 7.11 Å². The first kappa shape index (κ1) is 22.1. The van der Waals surface area contributed by atoms with Gasteiger partial charge in [-0.05, 0) is 30.2 Å². The van der Waals surface area contributed by atoms with Crippen molar-refractivity contribution in [1.82, 2.24) is 4.57 Å². The molecule has 5 nitrogen and oxygen atoms in total. The maximum atomic E-state index is 9.06. The summed E-state index contributed by atoms with van der Waals surface area (Å²) in [6.45, 7) is 12.1. The van der Waals surface area contributed by atoms with E-state index in [4.69, 9.17) is 4.79 Å². The lowest BCUT2D eigenvalue weighted by Gasteiger charge is -2.00. The number of hydrogen-bond donors (Lipinski definition) is 0. The number of carbonyl (C=O) groups is 1. The normalized spacial score (nSPS) is 9.48. The van der Waals surface area contributed by atoms with E-state index in [-0.39, 0.29) is 6.47 Å². The van der Waals surface area contributed by atoms with Crippen LogP contribution in [-0.4, -0.2) is 18.1 Å². The zero-order valence-corrected chi connectivity index (χ0v) is 16.6. The molecule has 0 fully saturated rings. The van der Waals surface area contributed by atoms with Gasteiger partial charge in [-0.2, -0.15) is 4.89 Å². The van der Waals surface area contributed by atoms with Gasteiger partial charge in [0, 0.05) is 0 Å². The Morgan fingerprint density at radius 2 is 1.78 bits per heavy atom. The fourth-order valence-corrected chi connectivity index (χ4v) is 2.62. The molecule has 2 aromatic carbocycles. The van der Waals surface area contributed by atoms with Gasteiger partial charge in [-0.15, -0.1) is 0 Å². The summed E-state index contributed by atoms with van der Waals surface area (Å²) in [7, 11) is 1.26. The van der Waals surface area contributed by atoms with Gasteiger partial charge in [0.05, 0.1) is 13.7 Å². The summed E-state index contributed by atoms with van der Waals surface area (Å²) in [6, 6.07) is 17.1. The minimum atomic E-state index is 0.208. The van der Waals surface area contributed by atoms with Crippen LogP contribution >= 0.6 is 0 Å². The second-order valence-corrected chi connectivity index (χ2v) is 5.32. The molecule has 0 aliphatic heterocycles. The number of rotatable bonds is 6. The SMILES string of the molecule is C=Cc1ccc(C[n+]2cn(CC)c3ccccc32)cc1.CC.COOC=O. The van der Waals surface area contributed by atoms with E-state index in [2.05, 4.69) is 87.3 Å². The Hall–Kier alpha value is -2.92. The largest absolute Gasteiger partial charge is 0.330 e. The second-order valence-electron chi connectivity index (χ2n) is 5.32. The molecule has 0 unspecified atom stereocenters. The molecule has 0 saturated heterocycles. The van der Waals surface area contributed by atoms with Gasteiger partial charge in [-0.3, -0.25) is 4.79 Å². The predicted molar refractivity (Wildman–Crippen MR) is 109 cm³/mol. The Morgan fingerprint density at radius 3 is 2.30 bits per heavy atom. The van der Waals surface area contributed by atoms with Gasteiger partial charge in [0.2, 0.25) is 6.33 Å². The lowest BCUT2D eigenvalue weighted by atomic mass is 10.1. The summed E-state index contributed by atoms with van der Waals surface area (Å²) in [6.07, 6.45) is 4.08. The Morgan fingerprint density at radius 1 is 1.11 bits per heavy atom. The zero-order chi connectivity index (χ0) is 20.1. The lowest BCUT2D eigenvalue weighted by molar-refractivity contribution is -0.663. The molecule has 0 radical (unpaired) electrons. The number of nitrogens with zero attached hydrogens (tertiary/aromatic N) is 2. The van der Waals surface area contributed by atoms with Crippen molar-refractivity contribution in [3.63, 3.8) is 0 Å². The van der Waals surface area contributed by atoms with Gasteiger partial charge in [-0.25, -0.2) is 9.13 Å². The van der Waals surface area contributed by atoms with Crippen LogP contribution in [-0.2, 0) is 27.7 Å². The first-order valence-corrected chi connectivity index (χ1v) is 9.05. The minimum Gasteiger partial charge on any atom is -0.302 e. The van der Waals surface area contributed by atoms with Crippen LogP contribution in [0.4, 0.5) is 0 Å². The van der Waals surface area contributed by atoms with Crippen molar-refractivity contribution in [1.29, 1.82) is 0 Å². The fourth-order valence-electron chi connectivity index (χ4n) is 2.62.